The first-order chi connectivity index (χ1) is 14.1. The van der Waals surface area contributed by atoms with Crippen molar-refractivity contribution in [3.63, 3.8) is 0 Å². The number of benzene rings is 2. The van der Waals surface area contributed by atoms with E-state index in [0.29, 0.717) is 11.4 Å². The molecule has 2 heterocycles. The molecule has 146 valence electrons. The van der Waals surface area contributed by atoms with Crippen LogP contribution in [0.1, 0.15) is 18.1 Å². The molecule has 4 aromatic rings. The number of nitrogens with one attached hydrogen (secondary N) is 1. The molecule has 0 aliphatic rings. The van der Waals surface area contributed by atoms with Gasteiger partial charge in [0.25, 0.3) is 5.91 Å². The average Bonchev–Trinajstić information content (AvgIpc) is 3.16. The quantitative estimate of drug-likeness (QED) is 0.514. The molecule has 0 unspecified atom stereocenters. The van der Waals surface area contributed by atoms with E-state index in [4.69, 9.17) is 4.74 Å². The molecule has 0 saturated heterocycles. The van der Waals surface area contributed by atoms with Crippen LogP contribution >= 0.6 is 0 Å². The second-order valence-corrected chi connectivity index (χ2v) is 7.02. The van der Waals surface area contributed by atoms with E-state index in [2.05, 4.69) is 24.1 Å². The van der Waals surface area contributed by atoms with Crippen LogP contribution < -0.4 is 10.1 Å². The summed E-state index contributed by atoms with van der Waals surface area (Å²) >= 11 is 0. The Labute approximate surface area is 170 Å². The van der Waals surface area contributed by atoms with Gasteiger partial charge in [-0.3, -0.25) is 4.79 Å². The van der Waals surface area contributed by atoms with E-state index in [-0.39, 0.29) is 12.5 Å². The van der Waals surface area contributed by atoms with Crippen LogP contribution in [-0.4, -0.2) is 21.9 Å². The van der Waals surface area contributed by atoms with Crippen LogP contribution in [-0.2, 0) is 11.2 Å². The number of carbonyl (C=O) groups excluding carboxylic acids is 1. The summed E-state index contributed by atoms with van der Waals surface area (Å²) in [6.07, 6.45) is 4.97. The number of ether oxygens (including phenoxy) is 1. The lowest BCUT2D eigenvalue weighted by atomic mass is 10.1. The normalized spacial score (nSPS) is 10.8. The van der Waals surface area contributed by atoms with E-state index in [1.165, 1.54) is 11.1 Å². The highest BCUT2D eigenvalue weighted by Gasteiger charge is 2.08. The first kappa shape index (κ1) is 18.7. The molecule has 2 aromatic carbocycles. The van der Waals surface area contributed by atoms with Crippen LogP contribution in [0.15, 0.2) is 73.1 Å². The summed E-state index contributed by atoms with van der Waals surface area (Å²) in [6.45, 7) is 4.10. The maximum Gasteiger partial charge on any atom is 0.262 e. The van der Waals surface area contributed by atoms with Gasteiger partial charge in [-0.05, 0) is 54.8 Å². The second-order valence-electron chi connectivity index (χ2n) is 7.02. The number of rotatable bonds is 6. The zero-order valence-corrected chi connectivity index (χ0v) is 16.6. The van der Waals surface area contributed by atoms with Crippen LogP contribution in [0.3, 0.4) is 0 Å². The van der Waals surface area contributed by atoms with E-state index in [9.17, 15) is 4.79 Å². The maximum absolute atomic E-state index is 12.3. The molecule has 5 heteroatoms. The predicted octanol–water partition coefficient (Wildman–Crippen LogP) is 4.89. The number of anilines is 1. The lowest BCUT2D eigenvalue weighted by Crippen LogP contribution is -2.20. The SMILES string of the molecule is CCc1cccc(OCC(=O)Nc2cccc(-c3cn4cc(C)ccc4n3)c2)c1. The Morgan fingerprint density at radius 1 is 1.07 bits per heavy atom. The fourth-order valence-electron chi connectivity index (χ4n) is 3.20. The lowest BCUT2D eigenvalue weighted by Gasteiger charge is -2.09. The van der Waals surface area contributed by atoms with Crippen LogP contribution in [0.2, 0.25) is 0 Å². The van der Waals surface area contributed by atoms with Gasteiger partial charge in [0, 0.05) is 23.6 Å². The van der Waals surface area contributed by atoms with Crippen molar-refractivity contribution in [3.8, 4) is 17.0 Å². The number of amides is 1. The van der Waals surface area contributed by atoms with Crippen molar-refractivity contribution < 1.29 is 9.53 Å². The highest BCUT2D eigenvalue weighted by atomic mass is 16.5. The van der Waals surface area contributed by atoms with Crippen molar-refractivity contribution in [1.82, 2.24) is 9.38 Å². The largest absolute Gasteiger partial charge is 0.484 e. The van der Waals surface area contributed by atoms with E-state index in [0.717, 1.165) is 23.3 Å². The van der Waals surface area contributed by atoms with Crippen LogP contribution in [0, 0.1) is 6.92 Å². The van der Waals surface area contributed by atoms with Crippen molar-refractivity contribution >= 4 is 17.2 Å². The topological polar surface area (TPSA) is 55.6 Å². The van der Waals surface area contributed by atoms with Crippen molar-refractivity contribution in [2.45, 2.75) is 20.3 Å². The van der Waals surface area contributed by atoms with Gasteiger partial charge in [-0.2, -0.15) is 0 Å². The van der Waals surface area contributed by atoms with Crippen LogP contribution in [0.25, 0.3) is 16.9 Å². The fraction of sp³-hybridized carbons (Fsp3) is 0.167. The van der Waals surface area contributed by atoms with E-state index < -0.39 is 0 Å². The maximum atomic E-state index is 12.3. The smallest absolute Gasteiger partial charge is 0.262 e. The van der Waals surface area contributed by atoms with E-state index in [1.54, 1.807) is 0 Å². The number of nitrogens with zero attached hydrogens (tertiary/aromatic N) is 2. The van der Waals surface area contributed by atoms with Gasteiger partial charge >= 0.3 is 0 Å². The van der Waals surface area contributed by atoms with Gasteiger partial charge in [0.05, 0.1) is 5.69 Å². The molecule has 0 saturated carbocycles. The minimum absolute atomic E-state index is 0.0367. The predicted molar refractivity (Wildman–Crippen MR) is 115 cm³/mol. The lowest BCUT2D eigenvalue weighted by molar-refractivity contribution is -0.118. The first-order valence-electron chi connectivity index (χ1n) is 9.68. The number of hydrogen-bond donors (Lipinski definition) is 1. The summed E-state index contributed by atoms with van der Waals surface area (Å²) in [6, 6.07) is 19.5. The molecule has 0 atom stereocenters. The molecular weight excluding hydrogens is 362 g/mol. The molecule has 0 spiro atoms. The van der Waals surface area contributed by atoms with Crippen molar-refractivity contribution in [2.75, 3.05) is 11.9 Å². The third-order valence-corrected chi connectivity index (χ3v) is 4.72. The molecule has 0 bridgehead atoms. The molecule has 4 rings (SSSR count). The summed E-state index contributed by atoms with van der Waals surface area (Å²) in [7, 11) is 0. The van der Waals surface area contributed by atoms with Crippen molar-refractivity contribution in [2.24, 2.45) is 0 Å². The van der Waals surface area contributed by atoms with E-state index >= 15 is 0 Å². The Morgan fingerprint density at radius 2 is 1.93 bits per heavy atom. The summed E-state index contributed by atoms with van der Waals surface area (Å²) in [5, 5.41) is 2.90. The van der Waals surface area contributed by atoms with Crippen molar-refractivity contribution in [3.05, 3.63) is 84.2 Å². The third kappa shape index (κ3) is 4.46. The molecule has 0 aliphatic carbocycles. The minimum Gasteiger partial charge on any atom is -0.484 e. The molecule has 1 amide bonds. The Kier molecular flexibility index (Phi) is 5.29. The number of imidazole rings is 1. The number of hydrogen-bond acceptors (Lipinski definition) is 3. The summed E-state index contributed by atoms with van der Waals surface area (Å²) in [5.41, 5.74) is 5.76. The Morgan fingerprint density at radius 3 is 2.79 bits per heavy atom. The highest BCUT2D eigenvalue weighted by molar-refractivity contribution is 5.92. The monoisotopic (exact) mass is 385 g/mol. The number of aryl methyl sites for hydroxylation is 2. The summed E-state index contributed by atoms with van der Waals surface area (Å²) in [5.74, 6) is 0.503. The second kappa shape index (κ2) is 8.19. The summed E-state index contributed by atoms with van der Waals surface area (Å²) < 4.78 is 7.63. The number of fused-ring (bicyclic) bond motifs is 1. The zero-order valence-electron chi connectivity index (χ0n) is 16.6. The molecule has 0 aliphatic heterocycles. The molecule has 2 aromatic heterocycles. The standard InChI is InChI=1S/C24H23N3O2/c1-3-18-6-4-9-21(12-18)29-16-24(28)25-20-8-5-7-19(13-20)22-15-27-14-17(2)10-11-23(27)26-22/h4-15H,3,16H2,1-2H3,(H,25,28). The molecule has 0 fully saturated rings. The van der Waals surface area contributed by atoms with Gasteiger partial charge in [-0.25, -0.2) is 4.98 Å². The van der Waals surface area contributed by atoms with Gasteiger partial charge in [0.2, 0.25) is 0 Å². The first-order valence-corrected chi connectivity index (χ1v) is 9.68. The van der Waals surface area contributed by atoms with Gasteiger partial charge in [0.1, 0.15) is 11.4 Å². The molecule has 0 radical (unpaired) electrons. The van der Waals surface area contributed by atoms with Crippen LogP contribution in [0.5, 0.6) is 5.75 Å². The van der Waals surface area contributed by atoms with Crippen LogP contribution in [0.4, 0.5) is 5.69 Å². The number of aromatic nitrogens is 2. The van der Waals surface area contributed by atoms with Gasteiger partial charge in [-0.15, -0.1) is 0 Å². The Bertz CT molecular complexity index is 1160. The molecule has 5 nitrogen and oxygen atoms in total. The Hall–Kier alpha value is -3.60. The van der Waals surface area contributed by atoms with E-state index in [1.807, 2.05) is 77.5 Å². The molecule has 1 N–H and O–H groups in total. The minimum atomic E-state index is -0.199. The van der Waals surface area contributed by atoms with Gasteiger partial charge in [0.15, 0.2) is 6.61 Å². The third-order valence-electron chi connectivity index (χ3n) is 4.72. The average molecular weight is 385 g/mol. The van der Waals surface area contributed by atoms with Gasteiger partial charge < -0.3 is 14.5 Å². The van der Waals surface area contributed by atoms with Crippen molar-refractivity contribution in [1.29, 1.82) is 0 Å². The number of pyridine rings is 1. The molecular formula is C24H23N3O2. The Balaban J connectivity index is 1.44. The summed E-state index contributed by atoms with van der Waals surface area (Å²) in [4.78, 5) is 17.0. The highest BCUT2D eigenvalue weighted by Crippen LogP contribution is 2.23. The van der Waals surface area contributed by atoms with Gasteiger partial charge in [-0.1, -0.05) is 37.3 Å². The zero-order chi connectivity index (χ0) is 20.2. The number of carbonyl (C=O) groups is 1. The fourth-order valence-corrected chi connectivity index (χ4v) is 3.20. The molecule has 29 heavy (non-hydrogen) atoms.